The number of hydrogen-bond acceptors (Lipinski definition) is 7. The quantitative estimate of drug-likeness (QED) is 0.138. The summed E-state index contributed by atoms with van der Waals surface area (Å²) in [6.45, 7) is 5.44. The van der Waals surface area contributed by atoms with Crippen molar-refractivity contribution in [2.75, 3.05) is 5.32 Å². The van der Waals surface area contributed by atoms with Crippen LogP contribution in [-0.4, -0.2) is 59.3 Å². The van der Waals surface area contributed by atoms with Crippen LogP contribution < -0.4 is 5.32 Å². The van der Waals surface area contributed by atoms with Gasteiger partial charge in [-0.05, 0) is 108 Å². The fourth-order valence-corrected chi connectivity index (χ4v) is 7.75. The second kappa shape index (κ2) is 13.0. The molecule has 2 fully saturated rings. The molecule has 0 spiro atoms. The van der Waals surface area contributed by atoms with Crippen molar-refractivity contribution in [2.45, 2.75) is 97.2 Å². The number of halogens is 1. The lowest BCUT2D eigenvalue weighted by Gasteiger charge is -2.27. The largest absolute Gasteiger partial charge is 0.325 e. The molecule has 1 aliphatic carbocycles. The Bertz CT molecular complexity index is 1950. The molecule has 1 N–H and O–H groups in total. The normalized spacial score (nSPS) is 23.3. The zero-order chi connectivity index (χ0) is 33.6. The number of nitrogens with one attached hydrogen (secondary N) is 1. The van der Waals surface area contributed by atoms with Crippen molar-refractivity contribution < 1.29 is 14.4 Å². The molecular formula is C37H40BrN7O3. The number of amides is 2. The number of nitrogens with zero attached hydrogens (tertiary/aromatic N) is 6. The Hall–Kier alpha value is -4.25. The summed E-state index contributed by atoms with van der Waals surface area (Å²) in [4.78, 5) is 56.4. The van der Waals surface area contributed by atoms with Gasteiger partial charge in [0.2, 0.25) is 11.8 Å². The van der Waals surface area contributed by atoms with Crippen molar-refractivity contribution in [3.63, 3.8) is 0 Å². The average Bonchev–Trinajstić information content (AvgIpc) is 3.41. The van der Waals surface area contributed by atoms with Gasteiger partial charge in [0, 0.05) is 36.3 Å². The van der Waals surface area contributed by atoms with Crippen LogP contribution in [0.15, 0.2) is 53.4 Å². The van der Waals surface area contributed by atoms with E-state index in [9.17, 15) is 14.4 Å². The molecule has 48 heavy (non-hydrogen) atoms. The van der Waals surface area contributed by atoms with Crippen molar-refractivity contribution in [1.29, 1.82) is 0 Å². The van der Waals surface area contributed by atoms with Crippen LogP contribution in [0.3, 0.4) is 0 Å². The van der Waals surface area contributed by atoms with Crippen LogP contribution in [0.25, 0.3) is 22.0 Å². The van der Waals surface area contributed by atoms with Crippen LogP contribution in [0.5, 0.6) is 0 Å². The van der Waals surface area contributed by atoms with Gasteiger partial charge < -0.3 is 10.2 Å². The third-order valence-electron chi connectivity index (χ3n) is 10.1. The van der Waals surface area contributed by atoms with E-state index >= 15 is 0 Å². The number of pyridine rings is 1. The number of benzene rings is 1. The molecule has 5 heterocycles. The van der Waals surface area contributed by atoms with Crippen LogP contribution >= 0.6 is 15.9 Å². The third-order valence-corrected chi connectivity index (χ3v) is 10.6. The lowest BCUT2D eigenvalue weighted by atomic mass is 9.96. The molecule has 0 radical (unpaired) electrons. The first-order chi connectivity index (χ1) is 23.1. The highest BCUT2D eigenvalue weighted by Crippen LogP contribution is 2.59. The molecule has 2 amide bonds. The van der Waals surface area contributed by atoms with Gasteiger partial charge in [-0.2, -0.15) is 5.10 Å². The summed E-state index contributed by atoms with van der Waals surface area (Å²) in [7, 11) is 0. The Morgan fingerprint density at radius 2 is 1.79 bits per heavy atom. The van der Waals surface area contributed by atoms with Gasteiger partial charge in [-0.1, -0.05) is 38.0 Å². The smallest absolute Gasteiger partial charge is 0.248 e. The molecule has 0 unspecified atom stereocenters. The summed E-state index contributed by atoms with van der Waals surface area (Å²) in [5.74, 6) is 0.615. The molecule has 3 aliphatic rings. The summed E-state index contributed by atoms with van der Waals surface area (Å²) in [5, 5.41) is 8.55. The second-order valence-corrected chi connectivity index (χ2v) is 14.6. The first-order valence-corrected chi connectivity index (χ1v) is 17.7. The van der Waals surface area contributed by atoms with Crippen LogP contribution in [0.4, 0.5) is 5.82 Å². The van der Waals surface area contributed by atoms with Gasteiger partial charge in [-0.15, -0.1) is 0 Å². The van der Waals surface area contributed by atoms with Crippen molar-refractivity contribution in [3.05, 3.63) is 76.1 Å². The maximum absolute atomic E-state index is 14.3. The number of carbonyl (C=O) groups excluding carboxylic acids is 3. The van der Waals surface area contributed by atoms with Crippen molar-refractivity contribution in [1.82, 2.24) is 29.6 Å². The van der Waals surface area contributed by atoms with Crippen molar-refractivity contribution >= 4 is 50.2 Å². The number of hydrogen-bond donors (Lipinski definition) is 1. The second-order valence-electron chi connectivity index (χ2n) is 13.8. The monoisotopic (exact) mass is 709 g/mol. The molecule has 4 aromatic rings. The standard InChI is InChI=1S/C37H40BrN7O3/c1-22(46)33-28-16-26(27-19-39-23(2)40-20-27)15-25-12-10-8-6-4-5-7-9-11-24-13-14-31(38)41-35(24)42-36(48)29-17-37(3)18-30(37)45(29)32(47)21-44(43-33)34(25)28/h7,9,13-16,19-20,29-30H,4-6,8,10-12,17-18,21H2,1-3H3,(H,41,42,48)/t29-,30+,37-/m0/s1. The van der Waals surface area contributed by atoms with Crippen LogP contribution in [0.2, 0.25) is 0 Å². The SMILES string of the molecule is CC(=O)c1nn2c3c(cc(-c4cnc(C)nc4)cc13)CCCCCCC=CCc1ccc(Br)nc1NC(=O)[C@@H]1C[C@@]3(C)C[C@H]3N1C(=O)C2. The molecule has 3 aromatic heterocycles. The molecule has 3 atom stereocenters. The lowest BCUT2D eigenvalue weighted by Crippen LogP contribution is -2.47. The van der Waals surface area contributed by atoms with E-state index in [4.69, 9.17) is 5.10 Å². The number of rotatable bonds is 2. The molecule has 1 saturated carbocycles. The Morgan fingerprint density at radius 3 is 2.58 bits per heavy atom. The van der Waals surface area contributed by atoms with Crippen LogP contribution in [0.1, 0.15) is 86.2 Å². The maximum Gasteiger partial charge on any atom is 0.248 e. The molecule has 0 bridgehead atoms. The highest BCUT2D eigenvalue weighted by molar-refractivity contribution is 9.10. The number of Topliss-reactive ketones (excluding diaryl/α,β-unsaturated/α-hetero) is 1. The number of piperidine rings is 1. The maximum atomic E-state index is 14.3. The van der Waals surface area contributed by atoms with E-state index in [0.717, 1.165) is 78.1 Å². The summed E-state index contributed by atoms with van der Waals surface area (Å²) < 4.78 is 2.33. The molecule has 10 nitrogen and oxygen atoms in total. The van der Waals surface area contributed by atoms with Crippen molar-refractivity contribution in [3.8, 4) is 11.1 Å². The average molecular weight is 711 g/mol. The van der Waals surface area contributed by atoms with Gasteiger partial charge in [-0.25, -0.2) is 15.0 Å². The minimum Gasteiger partial charge on any atom is -0.325 e. The Kier molecular flexibility index (Phi) is 8.74. The number of carbonyl (C=O) groups is 3. The topological polar surface area (TPSA) is 123 Å². The number of aromatic nitrogens is 5. The Balaban J connectivity index is 1.29. The molecule has 1 saturated heterocycles. The van der Waals surface area contributed by atoms with Crippen LogP contribution in [-0.2, 0) is 29.0 Å². The first-order valence-electron chi connectivity index (χ1n) is 16.9. The first kappa shape index (κ1) is 32.3. The zero-order valence-electron chi connectivity index (χ0n) is 27.6. The Morgan fingerprint density at radius 1 is 1.00 bits per heavy atom. The minimum absolute atomic E-state index is 0.0156. The van der Waals surface area contributed by atoms with Gasteiger partial charge in [0.1, 0.15) is 34.5 Å². The van der Waals surface area contributed by atoms with E-state index in [1.54, 1.807) is 22.0 Å². The highest BCUT2D eigenvalue weighted by atomic mass is 79.9. The number of allylic oxidation sites excluding steroid dienone is 2. The van der Waals surface area contributed by atoms with E-state index in [-0.39, 0.29) is 35.6 Å². The van der Waals surface area contributed by atoms with Gasteiger partial charge >= 0.3 is 0 Å². The molecule has 1 aromatic carbocycles. The Labute approximate surface area is 288 Å². The van der Waals surface area contributed by atoms with Crippen LogP contribution in [0, 0.1) is 12.3 Å². The summed E-state index contributed by atoms with van der Waals surface area (Å²) in [5.41, 5.74) is 4.76. The van der Waals surface area contributed by atoms with Gasteiger partial charge in [0.25, 0.3) is 0 Å². The number of aryl methyl sites for hydroxylation is 2. The number of anilines is 1. The molecular weight excluding hydrogens is 670 g/mol. The molecule has 11 heteroatoms. The van der Waals surface area contributed by atoms with Gasteiger partial charge in [0.15, 0.2) is 5.78 Å². The minimum atomic E-state index is -0.627. The molecule has 2 aliphatic heterocycles. The fourth-order valence-electron chi connectivity index (χ4n) is 7.44. The van der Waals surface area contributed by atoms with Gasteiger partial charge in [0.05, 0.1) is 5.52 Å². The third kappa shape index (κ3) is 6.32. The fraction of sp³-hybridized carbons (Fsp3) is 0.432. The van der Waals surface area contributed by atoms with Gasteiger partial charge in [-0.3, -0.25) is 19.1 Å². The molecule has 7 rings (SSSR count). The lowest BCUT2D eigenvalue weighted by molar-refractivity contribution is -0.138. The van der Waals surface area contributed by atoms with E-state index in [2.05, 4.69) is 61.3 Å². The predicted molar refractivity (Wildman–Crippen MR) is 187 cm³/mol. The van der Waals surface area contributed by atoms with E-state index < -0.39 is 6.04 Å². The van der Waals surface area contributed by atoms with E-state index in [0.29, 0.717) is 34.8 Å². The zero-order valence-corrected chi connectivity index (χ0v) is 29.2. The number of ketones is 1. The summed E-state index contributed by atoms with van der Waals surface area (Å²) in [6, 6.07) is 7.31. The predicted octanol–water partition coefficient (Wildman–Crippen LogP) is 6.79. The van der Waals surface area contributed by atoms with Crippen molar-refractivity contribution in [2.24, 2.45) is 5.41 Å². The summed E-state index contributed by atoms with van der Waals surface area (Å²) >= 11 is 3.46. The molecule has 248 valence electrons. The summed E-state index contributed by atoms with van der Waals surface area (Å²) in [6.07, 6.45) is 16.0. The highest BCUT2D eigenvalue weighted by Gasteiger charge is 2.64. The van der Waals surface area contributed by atoms with E-state index in [1.165, 1.54) is 6.92 Å². The number of fused-ring (bicyclic) bond motifs is 4. The van der Waals surface area contributed by atoms with E-state index in [1.807, 2.05) is 25.1 Å².